The van der Waals surface area contributed by atoms with Gasteiger partial charge in [-0.2, -0.15) is 4.98 Å². The summed E-state index contributed by atoms with van der Waals surface area (Å²) in [6.45, 7) is 9.47. The van der Waals surface area contributed by atoms with E-state index in [1.54, 1.807) is 0 Å². The maximum atomic E-state index is 5.76. The molecule has 26 heavy (non-hydrogen) atoms. The number of hydrogen-bond donors (Lipinski definition) is 2. The predicted molar refractivity (Wildman–Crippen MR) is 111 cm³/mol. The molecule has 1 fully saturated rings. The normalized spacial score (nSPS) is 15.5. The predicted octanol–water partition coefficient (Wildman–Crippen LogP) is 1.93. The fourth-order valence-corrected chi connectivity index (χ4v) is 2.59. The van der Waals surface area contributed by atoms with Crippen molar-refractivity contribution < 1.29 is 14.0 Å². The van der Waals surface area contributed by atoms with Crippen LogP contribution in [0.25, 0.3) is 0 Å². The van der Waals surface area contributed by atoms with Crippen molar-refractivity contribution in [2.75, 3.05) is 46.1 Å². The molecule has 1 aromatic rings. The van der Waals surface area contributed by atoms with E-state index in [0.29, 0.717) is 30.6 Å². The van der Waals surface area contributed by atoms with Crippen LogP contribution >= 0.6 is 24.0 Å². The summed E-state index contributed by atoms with van der Waals surface area (Å²) in [5.74, 6) is 2.77. The number of guanidine groups is 1. The summed E-state index contributed by atoms with van der Waals surface area (Å²) in [6.07, 6.45) is 3.83. The number of aliphatic imine (C=N–C) groups is 1. The molecule has 0 radical (unpaired) electrons. The van der Waals surface area contributed by atoms with Gasteiger partial charge < -0.3 is 24.6 Å². The highest BCUT2D eigenvalue weighted by molar-refractivity contribution is 14.0. The number of hydrogen-bond acceptors (Lipinski definition) is 6. The second-order valence-electron chi connectivity index (χ2n) is 6.16. The lowest BCUT2D eigenvalue weighted by Gasteiger charge is -2.21. The van der Waals surface area contributed by atoms with Crippen molar-refractivity contribution in [3.05, 3.63) is 11.7 Å². The van der Waals surface area contributed by atoms with Gasteiger partial charge in [-0.15, -0.1) is 24.0 Å². The van der Waals surface area contributed by atoms with Gasteiger partial charge in [0.05, 0.1) is 0 Å². The zero-order chi connectivity index (χ0) is 17.7. The molecular formula is C17H32IN5O3. The number of nitrogens with one attached hydrogen (secondary N) is 2. The summed E-state index contributed by atoms with van der Waals surface area (Å²) in [6, 6.07) is 0. The number of halogens is 1. The van der Waals surface area contributed by atoms with Crippen molar-refractivity contribution >= 4 is 29.9 Å². The molecule has 0 atom stereocenters. The van der Waals surface area contributed by atoms with Crippen LogP contribution in [0.15, 0.2) is 9.52 Å². The van der Waals surface area contributed by atoms with E-state index in [9.17, 15) is 0 Å². The van der Waals surface area contributed by atoms with Gasteiger partial charge in [0.1, 0.15) is 0 Å². The summed E-state index contributed by atoms with van der Waals surface area (Å²) in [5, 5.41) is 10.3. The molecule has 0 spiro atoms. The standard InChI is InChI=1S/C17H31N5O3.HI/c1-3-18-17(20-9-5-16-21-14(2)22-25-16)19-8-4-10-24-13-15-6-11-23-12-7-15;/h15H,3-13H2,1-2H3,(H2,18,19,20);1H. The van der Waals surface area contributed by atoms with Gasteiger partial charge in [0.25, 0.3) is 0 Å². The lowest BCUT2D eigenvalue weighted by Crippen LogP contribution is -2.38. The van der Waals surface area contributed by atoms with Crippen LogP contribution in [0.1, 0.15) is 37.9 Å². The zero-order valence-corrected chi connectivity index (χ0v) is 18.2. The summed E-state index contributed by atoms with van der Waals surface area (Å²) >= 11 is 0. The van der Waals surface area contributed by atoms with Gasteiger partial charge >= 0.3 is 0 Å². The summed E-state index contributed by atoms with van der Waals surface area (Å²) in [7, 11) is 0. The molecule has 0 amide bonds. The molecular weight excluding hydrogens is 449 g/mol. The molecule has 2 heterocycles. The summed E-state index contributed by atoms with van der Waals surface area (Å²) in [4.78, 5) is 8.75. The highest BCUT2D eigenvalue weighted by Gasteiger charge is 2.13. The van der Waals surface area contributed by atoms with Crippen LogP contribution in [0.3, 0.4) is 0 Å². The van der Waals surface area contributed by atoms with Crippen LogP contribution in [-0.4, -0.2) is 62.2 Å². The molecule has 1 aliphatic rings. The maximum Gasteiger partial charge on any atom is 0.228 e. The third kappa shape index (κ3) is 9.67. The first-order valence-corrected chi connectivity index (χ1v) is 9.24. The van der Waals surface area contributed by atoms with Crippen molar-refractivity contribution in [2.45, 2.75) is 39.5 Å². The Balaban J connectivity index is 0.00000338. The fourth-order valence-electron chi connectivity index (χ4n) is 2.59. The van der Waals surface area contributed by atoms with E-state index in [0.717, 1.165) is 64.7 Å². The minimum absolute atomic E-state index is 0. The molecule has 2 N–H and O–H groups in total. The van der Waals surface area contributed by atoms with Gasteiger partial charge in [-0.3, -0.25) is 4.99 Å². The molecule has 0 unspecified atom stereocenters. The number of aryl methyl sites for hydroxylation is 1. The van der Waals surface area contributed by atoms with Crippen molar-refractivity contribution in [1.29, 1.82) is 0 Å². The Kier molecular flexibility index (Phi) is 12.6. The molecule has 0 saturated carbocycles. The Morgan fingerprint density at radius 1 is 1.31 bits per heavy atom. The van der Waals surface area contributed by atoms with Gasteiger partial charge in [0, 0.05) is 52.5 Å². The van der Waals surface area contributed by atoms with Crippen LogP contribution in [-0.2, 0) is 15.9 Å². The number of aromatic nitrogens is 2. The lowest BCUT2D eigenvalue weighted by molar-refractivity contribution is 0.0205. The minimum atomic E-state index is 0. The molecule has 1 aliphatic heterocycles. The maximum absolute atomic E-state index is 5.76. The third-order valence-electron chi connectivity index (χ3n) is 3.96. The second kappa shape index (κ2) is 14.2. The van der Waals surface area contributed by atoms with Crippen LogP contribution in [0, 0.1) is 12.8 Å². The zero-order valence-electron chi connectivity index (χ0n) is 15.8. The van der Waals surface area contributed by atoms with Crippen LogP contribution in [0.4, 0.5) is 0 Å². The van der Waals surface area contributed by atoms with E-state index in [4.69, 9.17) is 14.0 Å². The Bertz CT molecular complexity index is 506. The average molecular weight is 481 g/mol. The van der Waals surface area contributed by atoms with E-state index in [1.807, 2.05) is 6.92 Å². The van der Waals surface area contributed by atoms with Gasteiger partial charge in [0.15, 0.2) is 11.8 Å². The molecule has 1 aromatic heterocycles. The highest BCUT2D eigenvalue weighted by Crippen LogP contribution is 2.14. The third-order valence-corrected chi connectivity index (χ3v) is 3.96. The first kappa shape index (κ1) is 23.1. The average Bonchev–Trinajstić information content (AvgIpc) is 3.04. The topological polar surface area (TPSA) is 93.8 Å². The van der Waals surface area contributed by atoms with Crippen molar-refractivity contribution in [3.63, 3.8) is 0 Å². The Hall–Kier alpha value is -0.940. The summed E-state index contributed by atoms with van der Waals surface area (Å²) < 4.78 is 16.2. The van der Waals surface area contributed by atoms with E-state index in [2.05, 4.69) is 32.7 Å². The van der Waals surface area contributed by atoms with Crippen LogP contribution in [0.5, 0.6) is 0 Å². The summed E-state index contributed by atoms with van der Waals surface area (Å²) in [5.41, 5.74) is 0. The number of nitrogens with zero attached hydrogens (tertiary/aromatic N) is 3. The van der Waals surface area contributed by atoms with Crippen molar-refractivity contribution in [2.24, 2.45) is 10.9 Å². The lowest BCUT2D eigenvalue weighted by atomic mass is 10.0. The largest absolute Gasteiger partial charge is 0.381 e. The fraction of sp³-hybridized carbons (Fsp3) is 0.824. The van der Waals surface area contributed by atoms with E-state index < -0.39 is 0 Å². The Morgan fingerprint density at radius 2 is 2.12 bits per heavy atom. The van der Waals surface area contributed by atoms with Gasteiger partial charge in [-0.25, -0.2) is 0 Å². The van der Waals surface area contributed by atoms with Crippen molar-refractivity contribution in [1.82, 2.24) is 20.8 Å². The molecule has 0 aliphatic carbocycles. The van der Waals surface area contributed by atoms with Crippen LogP contribution in [0.2, 0.25) is 0 Å². The Morgan fingerprint density at radius 3 is 2.81 bits per heavy atom. The minimum Gasteiger partial charge on any atom is -0.381 e. The monoisotopic (exact) mass is 481 g/mol. The SMILES string of the molecule is CCNC(=NCCCOCC1CCOCC1)NCCc1nc(C)no1.I. The van der Waals surface area contributed by atoms with Crippen molar-refractivity contribution in [3.8, 4) is 0 Å². The van der Waals surface area contributed by atoms with E-state index >= 15 is 0 Å². The smallest absolute Gasteiger partial charge is 0.228 e. The highest BCUT2D eigenvalue weighted by atomic mass is 127. The van der Waals surface area contributed by atoms with Crippen LogP contribution < -0.4 is 10.6 Å². The number of rotatable bonds is 10. The second-order valence-corrected chi connectivity index (χ2v) is 6.16. The van der Waals surface area contributed by atoms with E-state index in [-0.39, 0.29) is 24.0 Å². The molecule has 0 bridgehead atoms. The van der Waals surface area contributed by atoms with Gasteiger partial charge in [-0.1, -0.05) is 5.16 Å². The van der Waals surface area contributed by atoms with E-state index in [1.165, 1.54) is 0 Å². The molecule has 9 heteroatoms. The molecule has 150 valence electrons. The molecule has 2 rings (SSSR count). The number of ether oxygens (including phenoxy) is 2. The van der Waals surface area contributed by atoms with Gasteiger partial charge in [-0.05, 0) is 39.0 Å². The molecule has 8 nitrogen and oxygen atoms in total. The quantitative estimate of drug-likeness (QED) is 0.228. The molecule has 1 saturated heterocycles. The first-order chi connectivity index (χ1) is 12.3. The molecule has 0 aromatic carbocycles. The first-order valence-electron chi connectivity index (χ1n) is 9.24. The van der Waals surface area contributed by atoms with Gasteiger partial charge in [0.2, 0.25) is 5.89 Å². The Labute approximate surface area is 172 Å².